The number of benzene rings is 2. The van der Waals surface area contributed by atoms with Gasteiger partial charge in [0.2, 0.25) is 0 Å². The molecule has 0 radical (unpaired) electrons. The fourth-order valence-corrected chi connectivity index (χ4v) is 2.41. The lowest BCUT2D eigenvalue weighted by atomic mass is 10.1. The number of hydrogen-bond acceptors (Lipinski definition) is 3. The minimum absolute atomic E-state index is 0.0886. The van der Waals surface area contributed by atoms with Crippen LogP contribution in [-0.4, -0.2) is 27.1 Å². The maximum atomic E-state index is 12.5. The molecule has 0 aliphatic rings. The van der Waals surface area contributed by atoms with Crippen molar-refractivity contribution in [2.75, 3.05) is 36.7 Å². The molecule has 0 atom stereocenters. The maximum Gasteiger partial charge on any atom is 0.258 e. The third-order valence-electron chi connectivity index (χ3n) is 3.29. The van der Waals surface area contributed by atoms with Gasteiger partial charge in [-0.25, -0.2) is 0 Å². The van der Waals surface area contributed by atoms with Crippen LogP contribution in [0.4, 0.5) is 17.1 Å². The largest absolute Gasteiger partial charge is 0.397 e. The van der Waals surface area contributed by atoms with Crippen LogP contribution in [0, 0.1) is 0 Å². The quantitative estimate of drug-likeness (QED) is 0.866. The van der Waals surface area contributed by atoms with Gasteiger partial charge in [0.15, 0.2) is 0 Å². The highest BCUT2D eigenvalue weighted by Gasteiger charge is 2.15. The minimum Gasteiger partial charge on any atom is -0.397 e. The summed E-state index contributed by atoms with van der Waals surface area (Å²) in [6, 6.07) is 13.0. The number of anilines is 3. The van der Waals surface area contributed by atoms with E-state index in [0.717, 1.165) is 10.2 Å². The number of carbonyl (C=O) groups excluding carboxylic acids is 1. The van der Waals surface area contributed by atoms with Gasteiger partial charge >= 0.3 is 0 Å². The number of amides is 1. The summed E-state index contributed by atoms with van der Waals surface area (Å²) >= 11 is 3.36. The molecule has 0 aromatic heterocycles. The van der Waals surface area contributed by atoms with Gasteiger partial charge < -0.3 is 15.5 Å². The van der Waals surface area contributed by atoms with Crippen molar-refractivity contribution in [3.63, 3.8) is 0 Å². The Balaban J connectivity index is 2.26. The molecule has 1 amide bonds. The van der Waals surface area contributed by atoms with Gasteiger partial charge in [0.05, 0.1) is 11.4 Å². The molecule has 5 heteroatoms. The predicted molar refractivity (Wildman–Crippen MR) is 92.1 cm³/mol. The monoisotopic (exact) mass is 347 g/mol. The molecule has 2 rings (SSSR count). The highest BCUT2D eigenvalue weighted by Crippen LogP contribution is 2.27. The summed E-state index contributed by atoms with van der Waals surface area (Å²) in [6.45, 7) is 0. The second-order valence-electron chi connectivity index (χ2n) is 5.01. The number of halogens is 1. The van der Waals surface area contributed by atoms with Gasteiger partial charge in [0.25, 0.3) is 5.91 Å². The molecule has 0 fully saturated rings. The van der Waals surface area contributed by atoms with Crippen LogP contribution in [0.3, 0.4) is 0 Å². The van der Waals surface area contributed by atoms with Crippen LogP contribution in [0.1, 0.15) is 10.4 Å². The highest BCUT2D eigenvalue weighted by molar-refractivity contribution is 9.10. The van der Waals surface area contributed by atoms with Crippen molar-refractivity contribution in [3.05, 3.63) is 52.5 Å². The summed E-state index contributed by atoms with van der Waals surface area (Å²) in [5.74, 6) is -0.0886. The smallest absolute Gasteiger partial charge is 0.258 e. The molecule has 0 aliphatic heterocycles. The standard InChI is InChI=1S/C16H18BrN3O/c1-19(2)13-7-4-11(5-8-13)16(21)20(3)15-9-6-12(17)10-14(15)18/h4-10H,18H2,1-3H3. The third kappa shape index (κ3) is 3.36. The average Bonchev–Trinajstić information content (AvgIpc) is 2.46. The lowest BCUT2D eigenvalue weighted by Gasteiger charge is -2.20. The van der Waals surface area contributed by atoms with Crippen molar-refractivity contribution in [2.45, 2.75) is 0 Å². The fourth-order valence-electron chi connectivity index (χ4n) is 2.04. The van der Waals surface area contributed by atoms with Crippen LogP contribution in [-0.2, 0) is 0 Å². The van der Waals surface area contributed by atoms with Gasteiger partial charge in [-0.3, -0.25) is 4.79 Å². The zero-order valence-electron chi connectivity index (χ0n) is 12.3. The predicted octanol–water partition coefficient (Wildman–Crippen LogP) is 3.37. The number of carbonyl (C=O) groups is 1. The van der Waals surface area contributed by atoms with E-state index in [2.05, 4.69) is 15.9 Å². The molecule has 0 heterocycles. The molecule has 0 unspecified atom stereocenters. The minimum atomic E-state index is -0.0886. The Morgan fingerprint density at radius 3 is 2.19 bits per heavy atom. The van der Waals surface area contributed by atoms with E-state index in [9.17, 15) is 4.79 Å². The van der Waals surface area contributed by atoms with E-state index in [1.165, 1.54) is 0 Å². The van der Waals surface area contributed by atoms with E-state index in [1.54, 1.807) is 18.0 Å². The molecule has 110 valence electrons. The van der Waals surface area contributed by atoms with Crippen LogP contribution >= 0.6 is 15.9 Å². The van der Waals surface area contributed by atoms with E-state index in [4.69, 9.17) is 5.73 Å². The molecule has 0 spiro atoms. The van der Waals surface area contributed by atoms with Gasteiger partial charge in [0, 0.05) is 36.9 Å². The molecule has 0 saturated carbocycles. The summed E-state index contributed by atoms with van der Waals surface area (Å²) in [5.41, 5.74) is 8.91. The van der Waals surface area contributed by atoms with E-state index < -0.39 is 0 Å². The second-order valence-corrected chi connectivity index (χ2v) is 5.92. The van der Waals surface area contributed by atoms with Crippen LogP contribution in [0.25, 0.3) is 0 Å². The van der Waals surface area contributed by atoms with Crippen LogP contribution < -0.4 is 15.5 Å². The summed E-state index contributed by atoms with van der Waals surface area (Å²) in [5, 5.41) is 0. The fraction of sp³-hybridized carbons (Fsp3) is 0.188. The Morgan fingerprint density at radius 1 is 1.05 bits per heavy atom. The van der Waals surface area contributed by atoms with Crippen molar-refractivity contribution in [1.29, 1.82) is 0 Å². The first kappa shape index (κ1) is 15.4. The molecule has 2 aromatic rings. The number of nitrogen functional groups attached to an aromatic ring is 1. The molecule has 0 bridgehead atoms. The Kier molecular flexibility index (Phi) is 4.53. The first-order valence-electron chi connectivity index (χ1n) is 6.50. The highest BCUT2D eigenvalue weighted by atomic mass is 79.9. The van der Waals surface area contributed by atoms with Gasteiger partial charge in [-0.1, -0.05) is 15.9 Å². The summed E-state index contributed by atoms with van der Waals surface area (Å²) < 4.78 is 0.889. The molecule has 0 saturated heterocycles. The zero-order valence-corrected chi connectivity index (χ0v) is 13.9. The third-order valence-corrected chi connectivity index (χ3v) is 3.78. The topological polar surface area (TPSA) is 49.6 Å². The number of nitrogens with two attached hydrogens (primary N) is 1. The molecular formula is C16H18BrN3O. The van der Waals surface area contributed by atoms with Crippen molar-refractivity contribution < 1.29 is 4.79 Å². The summed E-state index contributed by atoms with van der Waals surface area (Å²) in [7, 11) is 5.65. The van der Waals surface area contributed by atoms with E-state index >= 15 is 0 Å². The van der Waals surface area contributed by atoms with Gasteiger partial charge in [-0.2, -0.15) is 0 Å². The van der Waals surface area contributed by atoms with E-state index in [1.807, 2.05) is 55.4 Å². The second kappa shape index (κ2) is 6.18. The first-order valence-corrected chi connectivity index (χ1v) is 7.30. The molecule has 4 nitrogen and oxygen atoms in total. The lowest BCUT2D eigenvalue weighted by Crippen LogP contribution is -2.27. The Morgan fingerprint density at radius 2 is 1.67 bits per heavy atom. The number of hydrogen-bond donors (Lipinski definition) is 1. The Bertz CT molecular complexity index is 653. The van der Waals surface area contributed by atoms with E-state index in [-0.39, 0.29) is 5.91 Å². The normalized spacial score (nSPS) is 10.3. The van der Waals surface area contributed by atoms with Crippen LogP contribution in [0.2, 0.25) is 0 Å². The molecule has 2 aromatic carbocycles. The maximum absolute atomic E-state index is 12.5. The van der Waals surface area contributed by atoms with Crippen LogP contribution in [0.5, 0.6) is 0 Å². The number of rotatable bonds is 3. The number of nitrogens with zero attached hydrogens (tertiary/aromatic N) is 2. The summed E-state index contributed by atoms with van der Waals surface area (Å²) in [4.78, 5) is 16.1. The molecule has 0 aliphatic carbocycles. The zero-order chi connectivity index (χ0) is 15.6. The Hall–Kier alpha value is -2.01. The first-order chi connectivity index (χ1) is 9.90. The summed E-state index contributed by atoms with van der Waals surface area (Å²) in [6.07, 6.45) is 0. The Labute approximate surface area is 133 Å². The molecule has 2 N–H and O–H groups in total. The van der Waals surface area contributed by atoms with Crippen LogP contribution in [0.15, 0.2) is 46.9 Å². The molecule has 21 heavy (non-hydrogen) atoms. The van der Waals surface area contributed by atoms with E-state index in [0.29, 0.717) is 16.9 Å². The SMILES string of the molecule is CN(C)c1ccc(C(=O)N(C)c2ccc(Br)cc2N)cc1. The average molecular weight is 348 g/mol. The van der Waals surface area contributed by atoms with Crippen molar-refractivity contribution in [3.8, 4) is 0 Å². The van der Waals surface area contributed by atoms with Gasteiger partial charge in [-0.15, -0.1) is 0 Å². The van der Waals surface area contributed by atoms with Gasteiger partial charge in [0.1, 0.15) is 0 Å². The lowest BCUT2D eigenvalue weighted by molar-refractivity contribution is 0.0993. The van der Waals surface area contributed by atoms with Crippen molar-refractivity contribution in [2.24, 2.45) is 0 Å². The van der Waals surface area contributed by atoms with Crippen molar-refractivity contribution in [1.82, 2.24) is 0 Å². The molecular weight excluding hydrogens is 330 g/mol. The van der Waals surface area contributed by atoms with Gasteiger partial charge in [-0.05, 0) is 42.5 Å². The van der Waals surface area contributed by atoms with Crippen molar-refractivity contribution >= 4 is 38.9 Å².